The molecule has 17 heavy (non-hydrogen) atoms. The van der Waals surface area contributed by atoms with Crippen LogP contribution in [-0.4, -0.2) is 74.6 Å². The van der Waals surface area contributed by atoms with E-state index in [1.54, 1.807) is 0 Å². The Labute approximate surface area is 99.3 Å². The molecule has 7 heteroatoms. The highest BCUT2D eigenvalue weighted by Crippen LogP contribution is 1.92. The highest BCUT2D eigenvalue weighted by molar-refractivity contribution is 6.27. The van der Waals surface area contributed by atoms with Crippen LogP contribution >= 0.6 is 0 Å². The van der Waals surface area contributed by atoms with Gasteiger partial charge < -0.3 is 24.4 Å². The quantitative estimate of drug-likeness (QED) is 0.238. The fourth-order valence-corrected chi connectivity index (χ4v) is 0.937. The topological polar surface area (TPSA) is 102 Å². The third-order valence-corrected chi connectivity index (χ3v) is 1.75. The first kappa shape index (κ1) is 16.1. The molecule has 1 atom stereocenters. The number of hydrogen-bond donors (Lipinski definition) is 2. The number of ketones is 1. The average Bonchev–Trinajstić information content (AvgIpc) is 2.36. The summed E-state index contributed by atoms with van der Waals surface area (Å²) in [6.07, 6.45) is -0.994. The maximum Gasteiger partial charge on any atom is 0.226 e. The van der Waals surface area contributed by atoms with E-state index in [0.717, 1.165) is 0 Å². The van der Waals surface area contributed by atoms with E-state index >= 15 is 0 Å². The van der Waals surface area contributed by atoms with Crippen molar-refractivity contribution in [2.24, 2.45) is 0 Å². The van der Waals surface area contributed by atoms with Crippen LogP contribution in [-0.2, 0) is 23.8 Å². The molecule has 2 N–H and O–H groups in total. The van der Waals surface area contributed by atoms with E-state index in [9.17, 15) is 9.59 Å². The Kier molecular flexibility index (Phi) is 11.0. The van der Waals surface area contributed by atoms with Crippen molar-refractivity contribution in [3.63, 3.8) is 0 Å². The molecular formula is C10H18O7. The number of hydrogen-bond acceptors (Lipinski definition) is 7. The van der Waals surface area contributed by atoms with Gasteiger partial charge in [0.1, 0.15) is 6.10 Å². The van der Waals surface area contributed by atoms with Crippen molar-refractivity contribution in [2.75, 3.05) is 46.2 Å². The number of carbonyl (C=O) groups is 2. The standard InChI is InChI=1S/C10H18O7/c11-1-2-15-3-4-16-5-6-17-10(8-13)9(14)7-12/h7,10-11,13H,1-6,8H2. The molecule has 0 bridgehead atoms. The van der Waals surface area contributed by atoms with E-state index in [4.69, 9.17) is 24.4 Å². The van der Waals surface area contributed by atoms with Gasteiger partial charge in [0.25, 0.3) is 0 Å². The molecule has 7 nitrogen and oxygen atoms in total. The Morgan fingerprint density at radius 2 is 1.65 bits per heavy atom. The van der Waals surface area contributed by atoms with Crippen LogP contribution in [0.3, 0.4) is 0 Å². The fraction of sp³-hybridized carbons (Fsp3) is 0.800. The maximum atomic E-state index is 10.8. The summed E-state index contributed by atoms with van der Waals surface area (Å²) in [6.45, 7) is 0.731. The second-order valence-corrected chi connectivity index (χ2v) is 3.01. The van der Waals surface area contributed by atoms with E-state index in [1.807, 2.05) is 0 Å². The molecule has 0 heterocycles. The summed E-state index contributed by atoms with van der Waals surface area (Å²) < 4.78 is 14.9. The number of carbonyl (C=O) groups excluding carboxylic acids is 2. The number of rotatable bonds is 12. The third kappa shape index (κ3) is 8.90. The van der Waals surface area contributed by atoms with Crippen molar-refractivity contribution in [3.8, 4) is 0 Å². The number of aliphatic hydroxyl groups excluding tert-OH is 2. The highest BCUT2D eigenvalue weighted by atomic mass is 16.6. The molecule has 0 aliphatic rings. The van der Waals surface area contributed by atoms with E-state index in [2.05, 4.69) is 0 Å². The Morgan fingerprint density at radius 1 is 1.06 bits per heavy atom. The minimum atomic E-state index is -1.11. The Hall–Kier alpha value is -0.860. The van der Waals surface area contributed by atoms with Crippen LogP contribution in [0, 0.1) is 0 Å². The molecule has 0 aromatic rings. The zero-order valence-corrected chi connectivity index (χ0v) is 9.54. The molecule has 0 rings (SSSR count). The Bertz CT molecular complexity index is 207. The van der Waals surface area contributed by atoms with E-state index in [1.165, 1.54) is 0 Å². The maximum absolute atomic E-state index is 10.8. The first-order valence-corrected chi connectivity index (χ1v) is 5.24. The summed E-state index contributed by atoms with van der Waals surface area (Å²) in [6, 6.07) is 0. The zero-order chi connectivity index (χ0) is 12.9. The largest absolute Gasteiger partial charge is 0.394 e. The smallest absolute Gasteiger partial charge is 0.226 e. The second kappa shape index (κ2) is 11.6. The van der Waals surface area contributed by atoms with E-state index in [0.29, 0.717) is 13.2 Å². The van der Waals surface area contributed by atoms with Crippen molar-refractivity contribution in [1.82, 2.24) is 0 Å². The van der Waals surface area contributed by atoms with E-state index < -0.39 is 18.5 Å². The van der Waals surface area contributed by atoms with Gasteiger partial charge in [0.05, 0.1) is 46.2 Å². The van der Waals surface area contributed by atoms with Crippen LogP contribution in [0.1, 0.15) is 0 Å². The van der Waals surface area contributed by atoms with Crippen molar-refractivity contribution in [1.29, 1.82) is 0 Å². The predicted molar refractivity (Wildman–Crippen MR) is 56.6 cm³/mol. The van der Waals surface area contributed by atoms with Gasteiger partial charge in [-0.05, 0) is 0 Å². The van der Waals surface area contributed by atoms with Gasteiger partial charge >= 0.3 is 0 Å². The Balaban J connectivity index is 3.37. The molecule has 100 valence electrons. The van der Waals surface area contributed by atoms with Crippen molar-refractivity contribution >= 4 is 12.1 Å². The monoisotopic (exact) mass is 250 g/mol. The van der Waals surface area contributed by atoms with Crippen LogP contribution < -0.4 is 0 Å². The molecule has 0 radical (unpaired) electrons. The molecule has 1 unspecified atom stereocenters. The fourth-order valence-electron chi connectivity index (χ4n) is 0.937. The number of Topliss-reactive ketones (excluding diaryl/α,β-unsaturated/α-hetero) is 1. The van der Waals surface area contributed by atoms with Crippen LogP contribution in [0.15, 0.2) is 0 Å². The van der Waals surface area contributed by atoms with Crippen molar-refractivity contribution < 1.29 is 34.0 Å². The molecule has 0 saturated heterocycles. The minimum Gasteiger partial charge on any atom is -0.394 e. The van der Waals surface area contributed by atoms with Gasteiger partial charge in [-0.25, -0.2) is 0 Å². The van der Waals surface area contributed by atoms with Crippen LogP contribution in [0.4, 0.5) is 0 Å². The lowest BCUT2D eigenvalue weighted by atomic mass is 10.2. The zero-order valence-electron chi connectivity index (χ0n) is 9.54. The van der Waals surface area contributed by atoms with Gasteiger partial charge in [0.15, 0.2) is 6.29 Å². The molecule has 0 fully saturated rings. The summed E-state index contributed by atoms with van der Waals surface area (Å²) in [5.41, 5.74) is 0. The Morgan fingerprint density at radius 3 is 2.18 bits per heavy atom. The number of aliphatic hydroxyl groups is 2. The van der Waals surface area contributed by atoms with Gasteiger partial charge in [0.2, 0.25) is 5.78 Å². The van der Waals surface area contributed by atoms with Gasteiger partial charge in [-0.3, -0.25) is 9.59 Å². The third-order valence-electron chi connectivity index (χ3n) is 1.75. The van der Waals surface area contributed by atoms with E-state index in [-0.39, 0.29) is 32.7 Å². The van der Waals surface area contributed by atoms with Crippen molar-refractivity contribution in [2.45, 2.75) is 6.10 Å². The molecule has 0 spiro atoms. The van der Waals surface area contributed by atoms with Gasteiger partial charge in [-0.15, -0.1) is 0 Å². The number of ether oxygens (including phenoxy) is 3. The second-order valence-electron chi connectivity index (χ2n) is 3.01. The van der Waals surface area contributed by atoms with Crippen molar-refractivity contribution in [3.05, 3.63) is 0 Å². The van der Waals surface area contributed by atoms with Gasteiger partial charge in [0, 0.05) is 0 Å². The molecular weight excluding hydrogens is 232 g/mol. The van der Waals surface area contributed by atoms with Crippen LogP contribution in [0.2, 0.25) is 0 Å². The van der Waals surface area contributed by atoms with Gasteiger partial charge in [-0.1, -0.05) is 0 Å². The summed E-state index contributed by atoms with van der Waals surface area (Å²) >= 11 is 0. The first-order chi connectivity index (χ1) is 8.26. The molecule has 0 aliphatic carbocycles. The lowest BCUT2D eigenvalue weighted by Crippen LogP contribution is -2.30. The summed E-state index contributed by atoms with van der Waals surface area (Å²) in [5, 5.41) is 17.1. The average molecular weight is 250 g/mol. The predicted octanol–water partition coefficient (Wildman–Crippen LogP) is -1.84. The molecule has 0 aromatic heterocycles. The minimum absolute atomic E-state index is 0.0326. The molecule has 0 aromatic carbocycles. The lowest BCUT2D eigenvalue weighted by Gasteiger charge is -2.11. The highest BCUT2D eigenvalue weighted by Gasteiger charge is 2.16. The van der Waals surface area contributed by atoms with Gasteiger partial charge in [-0.2, -0.15) is 0 Å². The van der Waals surface area contributed by atoms with Crippen LogP contribution in [0.25, 0.3) is 0 Å². The summed E-state index contributed by atoms with van der Waals surface area (Å²) in [5.74, 6) is -0.793. The normalized spacial score (nSPS) is 12.4. The number of aldehydes is 1. The summed E-state index contributed by atoms with van der Waals surface area (Å²) in [7, 11) is 0. The summed E-state index contributed by atoms with van der Waals surface area (Å²) in [4.78, 5) is 21.0. The lowest BCUT2D eigenvalue weighted by molar-refractivity contribution is -0.140. The SMILES string of the molecule is O=CC(=O)C(CO)OCCOCCOCCO. The first-order valence-electron chi connectivity index (χ1n) is 5.24. The molecule has 0 aliphatic heterocycles. The van der Waals surface area contributed by atoms with Crippen LogP contribution in [0.5, 0.6) is 0 Å². The molecule has 0 saturated carbocycles. The molecule has 0 amide bonds.